The lowest BCUT2D eigenvalue weighted by molar-refractivity contribution is 0.673. The Labute approximate surface area is 331 Å². The normalized spacial score (nSPS) is 21.8. The molecule has 0 N–H and O–H groups in total. The second-order valence-corrected chi connectivity index (χ2v) is 11.1. The molecule has 0 bridgehead atoms. The van der Waals surface area contributed by atoms with Gasteiger partial charge in [-0.05, 0) is 101 Å². The van der Waals surface area contributed by atoms with Gasteiger partial charge < -0.3 is 4.42 Å². The number of fused-ring (bicyclic) bond motifs is 10. The molecule has 0 amide bonds. The highest BCUT2D eigenvalue weighted by molar-refractivity contribution is 6.23. The molecule has 1 heterocycles. The van der Waals surface area contributed by atoms with Crippen molar-refractivity contribution in [1.82, 2.24) is 0 Å². The van der Waals surface area contributed by atoms with Crippen molar-refractivity contribution >= 4 is 54.3 Å². The van der Waals surface area contributed by atoms with Crippen LogP contribution in [-0.2, 0) is 6.37 Å². The molecule has 50 heavy (non-hydrogen) atoms. The quantitative estimate of drug-likeness (QED) is 0.171. The third kappa shape index (κ3) is 3.89. The number of furan rings is 1. The Morgan fingerprint density at radius 2 is 0.980 bits per heavy atom. The maximum Gasteiger partial charge on any atom is 0.143 e. The number of hydrogen-bond acceptors (Lipinski definition) is 1. The van der Waals surface area contributed by atoms with Crippen molar-refractivity contribution in [2.75, 3.05) is 0 Å². The zero-order valence-corrected chi connectivity index (χ0v) is 24.9. The van der Waals surface area contributed by atoms with Gasteiger partial charge in [-0.15, -0.1) is 0 Å². The van der Waals surface area contributed by atoms with E-state index in [9.17, 15) is 16.4 Å². The van der Waals surface area contributed by atoms with Gasteiger partial charge in [0.15, 0.2) is 0 Å². The Hall–Kier alpha value is -6.44. The van der Waals surface area contributed by atoms with Crippen LogP contribution in [0.25, 0.3) is 98.8 Å². The summed E-state index contributed by atoms with van der Waals surface area (Å²) in [5.74, 6) is 0. The molecular weight excluding hydrogens is 605 g/mol. The van der Waals surface area contributed by atoms with E-state index in [1.165, 1.54) is 0 Å². The molecular formula is C49H30O. The zero-order valence-electron chi connectivity index (χ0n) is 54.9. The van der Waals surface area contributed by atoms with Crippen molar-refractivity contribution in [2.45, 2.75) is 6.37 Å². The summed E-state index contributed by atoms with van der Waals surface area (Å²) in [7, 11) is 0. The third-order valence-corrected chi connectivity index (χ3v) is 8.56. The van der Waals surface area contributed by atoms with E-state index in [-0.39, 0.29) is 0 Å². The second kappa shape index (κ2) is 10.5. The standard InChI is InChI=1S/C49H30O/c1-4-15-37-30(11-1)27-28-43-48-35(20-10-22-44(48)50-49(37)43)31-23-25-32(26-24-31)45-38-16-5-7-18-40(38)47(41-19-8-6-17-39(41)45)42-21-9-13-34-29-33-12-2-3-14-36(33)46(34)42/h1-28H,29H2/i1D,2D,3D,4D,5D,6D,7D,8D,9D,10D,11D,12D,13D,14D,15D,16D,17D,18D,19D,20D,21D,22D,23D,24D,25D,26D,27D,28D,29D2. The summed E-state index contributed by atoms with van der Waals surface area (Å²) in [6.45, 7) is 0. The molecule has 1 aliphatic rings. The molecule has 232 valence electrons. The molecule has 1 nitrogen and oxygen atoms in total. The van der Waals surface area contributed by atoms with Crippen molar-refractivity contribution in [1.29, 1.82) is 0 Å². The van der Waals surface area contributed by atoms with Crippen molar-refractivity contribution < 1.29 is 45.5 Å². The van der Waals surface area contributed by atoms with Crippen molar-refractivity contribution in [3.63, 3.8) is 0 Å². The van der Waals surface area contributed by atoms with Gasteiger partial charge in [-0.1, -0.05) is 157 Å². The minimum Gasteiger partial charge on any atom is -0.455 e. The van der Waals surface area contributed by atoms with Crippen molar-refractivity contribution in [2.24, 2.45) is 0 Å². The number of rotatable bonds is 3. The predicted octanol–water partition coefficient (Wildman–Crippen LogP) is 13.6. The molecule has 0 unspecified atom stereocenters. The summed E-state index contributed by atoms with van der Waals surface area (Å²) in [6.07, 6.45) is -3.06. The Bertz CT molecular complexity index is 4600. The van der Waals surface area contributed by atoms with E-state index in [1.807, 2.05) is 0 Å². The van der Waals surface area contributed by atoms with Gasteiger partial charge in [-0.25, -0.2) is 0 Å². The summed E-state index contributed by atoms with van der Waals surface area (Å²) < 4.78 is 279. The van der Waals surface area contributed by atoms with Gasteiger partial charge in [-0.2, -0.15) is 0 Å². The molecule has 10 aromatic rings. The molecule has 0 fully saturated rings. The summed E-state index contributed by atoms with van der Waals surface area (Å²) in [5.41, 5.74) is -8.83. The monoisotopic (exact) mass is 664 g/mol. The van der Waals surface area contributed by atoms with E-state index < -0.39 is 285 Å². The molecule has 0 radical (unpaired) electrons. The molecule has 0 saturated carbocycles. The molecule has 0 saturated heterocycles. The van der Waals surface area contributed by atoms with E-state index in [0.717, 1.165) is 0 Å². The lowest BCUT2D eigenvalue weighted by Crippen LogP contribution is -1.93. The van der Waals surface area contributed by atoms with Crippen LogP contribution in [0.1, 0.15) is 52.2 Å². The van der Waals surface area contributed by atoms with Crippen LogP contribution in [0.3, 0.4) is 0 Å². The smallest absolute Gasteiger partial charge is 0.143 e. The van der Waals surface area contributed by atoms with Gasteiger partial charge in [0.2, 0.25) is 0 Å². The largest absolute Gasteiger partial charge is 0.455 e. The van der Waals surface area contributed by atoms with Crippen LogP contribution in [0.2, 0.25) is 0 Å². The molecule has 1 aliphatic carbocycles. The molecule has 0 spiro atoms. The predicted molar refractivity (Wildman–Crippen MR) is 211 cm³/mol. The Balaban J connectivity index is 1.37. The SMILES string of the molecule is [2H]c1c([2H])c([2H])c2c(c1[2H])-c1c(-c3c4c([2H])c([2H])c([2H])c([2H])c4c(-c4c([2H])c([2H])c(-c5c([2H])c([2H])c([2H])c6oc7c8c([2H])c([2H])c([2H])c([2H])c8c([2H])c([2H])c7c56)c([2H])c4[2H])c4c([2H])c([2H])c([2H])c([2H])c34)c([2H])c([2H])c([2H])c1C2([2H])[2H]. The van der Waals surface area contributed by atoms with Crippen LogP contribution in [0, 0.1) is 0 Å². The summed E-state index contributed by atoms with van der Waals surface area (Å²) in [5, 5.41) is -5.12. The first kappa shape index (κ1) is 11.3. The second-order valence-electron chi connectivity index (χ2n) is 11.1. The molecule has 0 atom stereocenters. The Kier molecular flexibility index (Phi) is 2.38. The average Bonchev–Trinajstić information content (AvgIpc) is 3.09. The van der Waals surface area contributed by atoms with E-state index in [1.54, 1.807) is 0 Å². The lowest BCUT2D eigenvalue weighted by Gasteiger charge is -2.20. The van der Waals surface area contributed by atoms with Gasteiger partial charge in [0, 0.05) is 18.9 Å². The first-order valence-corrected chi connectivity index (χ1v) is 14.9. The van der Waals surface area contributed by atoms with Crippen LogP contribution in [-0.4, -0.2) is 0 Å². The van der Waals surface area contributed by atoms with E-state index in [0.29, 0.717) is 0 Å². The van der Waals surface area contributed by atoms with Crippen LogP contribution in [0.15, 0.2) is 174 Å². The third-order valence-electron chi connectivity index (χ3n) is 8.56. The van der Waals surface area contributed by atoms with Gasteiger partial charge in [0.25, 0.3) is 0 Å². The maximum atomic E-state index is 9.76. The minimum absolute atomic E-state index is 0.442. The van der Waals surface area contributed by atoms with E-state index in [2.05, 4.69) is 0 Å². The fourth-order valence-corrected chi connectivity index (χ4v) is 6.50. The summed E-state index contributed by atoms with van der Waals surface area (Å²) in [4.78, 5) is 0. The lowest BCUT2D eigenvalue weighted by atomic mass is 9.83. The summed E-state index contributed by atoms with van der Waals surface area (Å²) in [6, 6.07) is -26.9. The fraction of sp³-hybridized carbons (Fsp3) is 0.0204. The number of hydrogen-bond donors (Lipinski definition) is 0. The molecule has 1 aromatic heterocycles. The number of benzene rings is 9. The van der Waals surface area contributed by atoms with Gasteiger partial charge in [-0.3, -0.25) is 0 Å². The first-order chi connectivity index (χ1) is 37.2. The molecule has 9 aromatic carbocycles. The molecule has 11 rings (SSSR count). The van der Waals surface area contributed by atoms with E-state index >= 15 is 0 Å². The highest BCUT2D eigenvalue weighted by Gasteiger charge is 2.25. The topological polar surface area (TPSA) is 13.1 Å². The van der Waals surface area contributed by atoms with Gasteiger partial charge >= 0.3 is 0 Å². The van der Waals surface area contributed by atoms with Gasteiger partial charge in [0.1, 0.15) is 11.2 Å². The zero-order chi connectivity index (χ0) is 58.9. The van der Waals surface area contributed by atoms with Crippen LogP contribution in [0.4, 0.5) is 0 Å². The van der Waals surface area contributed by atoms with Crippen LogP contribution < -0.4 is 0 Å². The Morgan fingerprint density at radius 3 is 1.76 bits per heavy atom. The highest BCUT2D eigenvalue weighted by atomic mass is 16.3. The van der Waals surface area contributed by atoms with Crippen LogP contribution in [0.5, 0.6) is 0 Å². The van der Waals surface area contributed by atoms with Gasteiger partial charge in [0.05, 0.1) is 38.4 Å². The molecule has 1 heteroatoms. The van der Waals surface area contributed by atoms with Crippen LogP contribution >= 0.6 is 0 Å². The first-order valence-electron chi connectivity index (χ1n) is 29.9. The highest BCUT2D eigenvalue weighted by Crippen LogP contribution is 2.49. The maximum absolute atomic E-state index is 9.76. The fourth-order valence-electron chi connectivity index (χ4n) is 6.50. The van der Waals surface area contributed by atoms with Crippen molar-refractivity contribution in [3.05, 3.63) is 180 Å². The average molecular weight is 665 g/mol. The Morgan fingerprint density at radius 1 is 0.400 bits per heavy atom. The van der Waals surface area contributed by atoms with Crippen molar-refractivity contribution in [3.8, 4) is 44.5 Å². The minimum atomic E-state index is -3.06. The van der Waals surface area contributed by atoms with E-state index in [4.69, 9.17) is 29.1 Å². The summed E-state index contributed by atoms with van der Waals surface area (Å²) >= 11 is 0. The molecule has 0 aliphatic heterocycles.